The van der Waals surface area contributed by atoms with E-state index in [-0.39, 0.29) is 5.41 Å². The SMILES string of the molecule is CCC(C)(C)CCCOc1ccc(C(C)(C)C)cc1-n1nc2ccccc2n1. The van der Waals surface area contributed by atoms with Crippen LogP contribution in [0.4, 0.5) is 0 Å². The van der Waals surface area contributed by atoms with E-state index in [1.54, 1.807) is 4.80 Å². The number of hydrogen-bond acceptors (Lipinski definition) is 3. The van der Waals surface area contributed by atoms with E-state index >= 15 is 0 Å². The highest BCUT2D eigenvalue weighted by Crippen LogP contribution is 2.31. The fraction of sp³-hybridized carbons (Fsp3) is 0.500. The third kappa shape index (κ3) is 4.73. The summed E-state index contributed by atoms with van der Waals surface area (Å²) >= 11 is 0. The molecule has 0 aliphatic rings. The van der Waals surface area contributed by atoms with E-state index in [4.69, 9.17) is 4.74 Å². The van der Waals surface area contributed by atoms with Crippen LogP contribution in [0.15, 0.2) is 42.5 Å². The van der Waals surface area contributed by atoms with Crippen molar-refractivity contribution >= 4 is 11.0 Å². The average Bonchev–Trinajstić information content (AvgIpc) is 3.08. The lowest BCUT2D eigenvalue weighted by Crippen LogP contribution is -2.14. The first-order valence-corrected chi connectivity index (χ1v) is 10.3. The Morgan fingerprint density at radius 1 is 0.929 bits per heavy atom. The molecular weight excluding hydrogens is 346 g/mol. The average molecular weight is 380 g/mol. The zero-order valence-corrected chi connectivity index (χ0v) is 18.1. The number of rotatable bonds is 7. The molecule has 4 heteroatoms. The van der Waals surface area contributed by atoms with Crippen LogP contribution in [-0.2, 0) is 5.41 Å². The van der Waals surface area contributed by atoms with Gasteiger partial charge in [-0.1, -0.05) is 66.2 Å². The molecule has 0 amide bonds. The molecule has 0 N–H and O–H groups in total. The number of nitrogens with zero attached hydrogens (tertiary/aromatic N) is 3. The van der Waals surface area contributed by atoms with E-state index in [2.05, 4.69) is 69.9 Å². The van der Waals surface area contributed by atoms with Gasteiger partial charge in [0.1, 0.15) is 22.5 Å². The van der Waals surface area contributed by atoms with E-state index in [0.717, 1.165) is 35.3 Å². The van der Waals surface area contributed by atoms with Crippen LogP contribution in [0.1, 0.15) is 66.4 Å². The maximum atomic E-state index is 6.19. The van der Waals surface area contributed by atoms with Gasteiger partial charge in [-0.15, -0.1) is 15.0 Å². The van der Waals surface area contributed by atoms with E-state index in [1.807, 2.05) is 24.3 Å². The van der Waals surface area contributed by atoms with Crippen molar-refractivity contribution in [3.8, 4) is 11.4 Å². The molecule has 2 aromatic carbocycles. The lowest BCUT2D eigenvalue weighted by molar-refractivity contribution is 0.250. The molecule has 28 heavy (non-hydrogen) atoms. The van der Waals surface area contributed by atoms with E-state index in [0.29, 0.717) is 12.0 Å². The first-order chi connectivity index (χ1) is 13.2. The van der Waals surface area contributed by atoms with Crippen LogP contribution in [0.3, 0.4) is 0 Å². The zero-order valence-electron chi connectivity index (χ0n) is 18.1. The topological polar surface area (TPSA) is 39.9 Å². The molecular formula is C24H33N3O. The third-order valence-electron chi connectivity index (χ3n) is 5.54. The van der Waals surface area contributed by atoms with E-state index in [1.165, 1.54) is 12.0 Å². The Morgan fingerprint density at radius 2 is 1.57 bits per heavy atom. The molecule has 3 rings (SSSR count). The van der Waals surface area contributed by atoms with Crippen LogP contribution < -0.4 is 4.74 Å². The minimum Gasteiger partial charge on any atom is -0.491 e. The quantitative estimate of drug-likeness (QED) is 0.451. The Balaban J connectivity index is 1.89. The standard InChI is InChI=1S/C24H33N3O/c1-7-24(5,6)15-10-16-28-22-14-13-18(23(2,3)4)17-21(22)27-25-19-11-8-9-12-20(19)26-27/h8-9,11-14,17H,7,10,15-16H2,1-6H3. The second kappa shape index (κ2) is 7.94. The largest absolute Gasteiger partial charge is 0.491 e. The normalized spacial score (nSPS) is 12.5. The van der Waals surface area contributed by atoms with Crippen molar-refractivity contribution < 1.29 is 4.74 Å². The Bertz CT molecular complexity index is 901. The lowest BCUT2D eigenvalue weighted by atomic mass is 9.85. The molecule has 0 saturated heterocycles. The van der Waals surface area contributed by atoms with Gasteiger partial charge in [0.25, 0.3) is 0 Å². The van der Waals surface area contributed by atoms with Crippen molar-refractivity contribution in [1.29, 1.82) is 0 Å². The van der Waals surface area contributed by atoms with Crippen LogP contribution in [-0.4, -0.2) is 21.6 Å². The molecule has 1 heterocycles. The van der Waals surface area contributed by atoms with Crippen LogP contribution in [0.5, 0.6) is 5.75 Å². The van der Waals surface area contributed by atoms with Gasteiger partial charge in [-0.25, -0.2) is 0 Å². The van der Waals surface area contributed by atoms with Gasteiger partial charge in [-0.3, -0.25) is 0 Å². The van der Waals surface area contributed by atoms with Gasteiger partial charge in [0, 0.05) is 0 Å². The summed E-state index contributed by atoms with van der Waals surface area (Å²) in [6.07, 6.45) is 3.38. The highest BCUT2D eigenvalue weighted by atomic mass is 16.5. The van der Waals surface area contributed by atoms with Crippen molar-refractivity contribution in [1.82, 2.24) is 15.0 Å². The number of aromatic nitrogens is 3. The van der Waals surface area contributed by atoms with Crippen molar-refractivity contribution in [2.75, 3.05) is 6.61 Å². The van der Waals surface area contributed by atoms with E-state index in [9.17, 15) is 0 Å². The van der Waals surface area contributed by atoms with Crippen molar-refractivity contribution in [3.05, 3.63) is 48.0 Å². The minimum atomic E-state index is 0.0466. The summed E-state index contributed by atoms with van der Waals surface area (Å²) in [5, 5.41) is 9.35. The maximum absolute atomic E-state index is 6.19. The Kier molecular flexibility index (Phi) is 5.78. The number of benzene rings is 2. The fourth-order valence-corrected chi connectivity index (χ4v) is 3.14. The van der Waals surface area contributed by atoms with Gasteiger partial charge in [-0.2, -0.15) is 0 Å². The van der Waals surface area contributed by atoms with Gasteiger partial charge >= 0.3 is 0 Å². The Hall–Kier alpha value is -2.36. The monoisotopic (exact) mass is 379 g/mol. The van der Waals surface area contributed by atoms with Gasteiger partial charge in [0.15, 0.2) is 0 Å². The molecule has 0 spiro atoms. The number of fused-ring (bicyclic) bond motifs is 1. The molecule has 150 valence electrons. The van der Waals surface area contributed by atoms with E-state index < -0.39 is 0 Å². The molecule has 0 fully saturated rings. The smallest absolute Gasteiger partial charge is 0.146 e. The molecule has 0 atom stereocenters. The zero-order chi connectivity index (χ0) is 20.4. The summed E-state index contributed by atoms with van der Waals surface area (Å²) in [7, 11) is 0. The first-order valence-electron chi connectivity index (χ1n) is 10.3. The molecule has 0 bridgehead atoms. The van der Waals surface area contributed by atoms with Crippen molar-refractivity contribution in [2.24, 2.45) is 5.41 Å². The summed E-state index contributed by atoms with van der Waals surface area (Å²) < 4.78 is 6.19. The summed E-state index contributed by atoms with van der Waals surface area (Å²) in [4.78, 5) is 1.71. The van der Waals surface area contributed by atoms with Crippen LogP contribution in [0.25, 0.3) is 16.7 Å². The molecule has 0 saturated carbocycles. The van der Waals surface area contributed by atoms with Crippen LogP contribution >= 0.6 is 0 Å². The fourth-order valence-electron chi connectivity index (χ4n) is 3.14. The van der Waals surface area contributed by atoms with Gasteiger partial charge in [0.05, 0.1) is 6.61 Å². The molecule has 1 aromatic heterocycles. The summed E-state index contributed by atoms with van der Waals surface area (Å²) in [6, 6.07) is 14.3. The van der Waals surface area contributed by atoms with Gasteiger partial charge < -0.3 is 4.74 Å². The van der Waals surface area contributed by atoms with Crippen molar-refractivity contribution in [2.45, 2.75) is 66.2 Å². The molecule has 0 aliphatic heterocycles. The number of ether oxygens (including phenoxy) is 1. The second-order valence-electron chi connectivity index (χ2n) is 9.38. The molecule has 4 nitrogen and oxygen atoms in total. The number of hydrogen-bond donors (Lipinski definition) is 0. The van der Waals surface area contributed by atoms with Gasteiger partial charge in [0.2, 0.25) is 0 Å². The van der Waals surface area contributed by atoms with Crippen LogP contribution in [0.2, 0.25) is 0 Å². The summed E-state index contributed by atoms with van der Waals surface area (Å²) in [5.74, 6) is 0.836. The highest BCUT2D eigenvalue weighted by molar-refractivity contribution is 5.73. The predicted molar refractivity (Wildman–Crippen MR) is 116 cm³/mol. The maximum Gasteiger partial charge on any atom is 0.146 e. The predicted octanol–water partition coefficient (Wildman–Crippen LogP) is 6.31. The Morgan fingerprint density at radius 3 is 2.14 bits per heavy atom. The van der Waals surface area contributed by atoms with Crippen LogP contribution in [0, 0.1) is 5.41 Å². The first kappa shape index (κ1) is 20.4. The molecule has 0 unspecified atom stereocenters. The van der Waals surface area contributed by atoms with Gasteiger partial charge in [-0.05, 0) is 53.5 Å². The molecule has 0 radical (unpaired) electrons. The Labute approximate surface area is 168 Å². The lowest BCUT2D eigenvalue weighted by Gasteiger charge is -2.23. The minimum absolute atomic E-state index is 0.0466. The van der Waals surface area contributed by atoms with Crippen molar-refractivity contribution in [3.63, 3.8) is 0 Å². The third-order valence-corrected chi connectivity index (χ3v) is 5.54. The summed E-state index contributed by atoms with van der Waals surface area (Å²) in [6.45, 7) is 14.2. The summed E-state index contributed by atoms with van der Waals surface area (Å²) in [5.41, 5.74) is 4.33. The highest BCUT2D eigenvalue weighted by Gasteiger charge is 2.19. The second-order valence-corrected chi connectivity index (χ2v) is 9.38. The molecule has 0 aliphatic carbocycles. The molecule has 3 aromatic rings.